The number of piperidine rings is 1. The molecule has 1 aliphatic heterocycles. The summed E-state index contributed by atoms with van der Waals surface area (Å²) in [5.74, 6) is 1.20. The van der Waals surface area contributed by atoms with Gasteiger partial charge in [0.15, 0.2) is 0 Å². The molecule has 136 valence electrons. The highest BCUT2D eigenvalue weighted by Gasteiger charge is 2.28. The normalized spacial score (nSPS) is 19.0. The van der Waals surface area contributed by atoms with Gasteiger partial charge in [-0.2, -0.15) is 0 Å². The molecule has 0 aromatic carbocycles. The summed E-state index contributed by atoms with van der Waals surface area (Å²) in [6.45, 7) is 9.01. The number of amides is 2. The van der Waals surface area contributed by atoms with Crippen LogP contribution in [0.25, 0.3) is 0 Å². The van der Waals surface area contributed by atoms with E-state index < -0.39 is 5.60 Å². The van der Waals surface area contributed by atoms with Crippen molar-refractivity contribution < 1.29 is 14.3 Å². The first-order valence-electron chi connectivity index (χ1n) is 8.96. The van der Waals surface area contributed by atoms with Crippen LogP contribution in [0.1, 0.15) is 51.1 Å². The van der Waals surface area contributed by atoms with Gasteiger partial charge in [-0.1, -0.05) is 13.3 Å². The third-order valence-corrected chi connectivity index (χ3v) is 4.62. The van der Waals surface area contributed by atoms with Gasteiger partial charge in [0, 0.05) is 19.1 Å². The molecule has 1 aromatic heterocycles. The van der Waals surface area contributed by atoms with Crippen LogP contribution < -0.4 is 10.6 Å². The Morgan fingerprint density at radius 3 is 2.71 bits per heavy atom. The average molecular weight is 337 g/mol. The molecule has 0 aliphatic carbocycles. The standard InChI is InChI=1S/C18H31N3O3/c1-4-5-10-21-11-8-15(9-12-21)20-17(22)19-13-18(3,23)16-7-6-14(2)24-16/h6-7,15,23H,4-5,8-13H2,1-3H3,(H2,19,20,22). The number of aliphatic hydroxyl groups is 1. The first-order valence-corrected chi connectivity index (χ1v) is 8.96. The summed E-state index contributed by atoms with van der Waals surface area (Å²) in [5, 5.41) is 16.2. The van der Waals surface area contributed by atoms with Crippen LogP contribution >= 0.6 is 0 Å². The predicted molar refractivity (Wildman–Crippen MR) is 93.9 cm³/mol. The quantitative estimate of drug-likeness (QED) is 0.714. The fourth-order valence-electron chi connectivity index (χ4n) is 2.98. The molecule has 1 fully saturated rings. The van der Waals surface area contributed by atoms with Crippen molar-refractivity contribution in [3.63, 3.8) is 0 Å². The van der Waals surface area contributed by atoms with Crippen molar-refractivity contribution in [2.75, 3.05) is 26.2 Å². The second kappa shape index (κ2) is 8.53. The molecular formula is C18H31N3O3. The van der Waals surface area contributed by atoms with Gasteiger partial charge in [0.1, 0.15) is 17.1 Å². The molecule has 24 heavy (non-hydrogen) atoms. The molecule has 1 saturated heterocycles. The number of rotatable bonds is 7. The summed E-state index contributed by atoms with van der Waals surface area (Å²) >= 11 is 0. The van der Waals surface area contributed by atoms with Crippen LogP contribution in [0.5, 0.6) is 0 Å². The van der Waals surface area contributed by atoms with Crippen LogP contribution in [0.2, 0.25) is 0 Å². The molecule has 2 rings (SSSR count). The number of aryl methyl sites for hydroxylation is 1. The van der Waals surface area contributed by atoms with E-state index in [1.165, 1.54) is 12.8 Å². The molecule has 6 heteroatoms. The van der Waals surface area contributed by atoms with Gasteiger partial charge in [0.25, 0.3) is 0 Å². The van der Waals surface area contributed by atoms with Gasteiger partial charge in [0.2, 0.25) is 0 Å². The Labute approximate surface area is 144 Å². The zero-order valence-corrected chi connectivity index (χ0v) is 15.1. The average Bonchev–Trinajstić information content (AvgIpc) is 3.00. The minimum Gasteiger partial charge on any atom is -0.463 e. The minimum atomic E-state index is -1.21. The van der Waals surface area contributed by atoms with E-state index in [0.717, 1.165) is 38.2 Å². The molecule has 1 unspecified atom stereocenters. The zero-order chi connectivity index (χ0) is 17.6. The van der Waals surface area contributed by atoms with E-state index in [-0.39, 0.29) is 18.6 Å². The maximum atomic E-state index is 12.1. The Hall–Kier alpha value is -1.53. The van der Waals surface area contributed by atoms with Crippen molar-refractivity contribution in [3.05, 3.63) is 23.7 Å². The SMILES string of the molecule is CCCCN1CCC(NC(=O)NCC(C)(O)c2ccc(C)o2)CC1. The number of nitrogens with one attached hydrogen (secondary N) is 2. The number of carbonyl (C=O) groups is 1. The Balaban J connectivity index is 1.70. The fourth-order valence-corrected chi connectivity index (χ4v) is 2.98. The number of nitrogens with zero attached hydrogens (tertiary/aromatic N) is 1. The number of carbonyl (C=O) groups excluding carboxylic acids is 1. The highest BCUT2D eigenvalue weighted by atomic mass is 16.4. The van der Waals surface area contributed by atoms with Crippen LogP contribution in [0.3, 0.4) is 0 Å². The number of furan rings is 1. The highest BCUT2D eigenvalue weighted by Crippen LogP contribution is 2.21. The molecule has 3 N–H and O–H groups in total. The van der Waals surface area contributed by atoms with Gasteiger partial charge in [-0.05, 0) is 51.8 Å². The minimum absolute atomic E-state index is 0.112. The molecular weight excluding hydrogens is 306 g/mol. The summed E-state index contributed by atoms with van der Waals surface area (Å²) in [4.78, 5) is 14.5. The van der Waals surface area contributed by atoms with Gasteiger partial charge in [0.05, 0.1) is 6.54 Å². The van der Waals surface area contributed by atoms with Crippen molar-refractivity contribution in [3.8, 4) is 0 Å². The zero-order valence-electron chi connectivity index (χ0n) is 15.1. The van der Waals surface area contributed by atoms with Crippen molar-refractivity contribution in [1.29, 1.82) is 0 Å². The first kappa shape index (κ1) is 18.8. The molecule has 0 bridgehead atoms. The summed E-state index contributed by atoms with van der Waals surface area (Å²) < 4.78 is 5.45. The van der Waals surface area contributed by atoms with E-state index in [1.54, 1.807) is 19.1 Å². The van der Waals surface area contributed by atoms with Crippen molar-refractivity contribution in [2.45, 2.75) is 58.1 Å². The smallest absolute Gasteiger partial charge is 0.315 e. The van der Waals surface area contributed by atoms with Gasteiger partial charge in [-0.25, -0.2) is 4.79 Å². The molecule has 1 aliphatic rings. The van der Waals surface area contributed by atoms with Crippen LogP contribution in [0.4, 0.5) is 4.79 Å². The second-order valence-corrected chi connectivity index (χ2v) is 6.98. The monoisotopic (exact) mass is 337 g/mol. The van der Waals surface area contributed by atoms with Gasteiger partial charge in [-0.15, -0.1) is 0 Å². The first-order chi connectivity index (χ1) is 11.4. The number of hydrogen-bond donors (Lipinski definition) is 3. The number of unbranched alkanes of at least 4 members (excludes halogenated alkanes) is 1. The van der Waals surface area contributed by atoms with Crippen LogP contribution in [0.15, 0.2) is 16.5 Å². The van der Waals surface area contributed by atoms with Crippen LogP contribution in [-0.2, 0) is 5.60 Å². The molecule has 0 radical (unpaired) electrons. The molecule has 6 nitrogen and oxygen atoms in total. The highest BCUT2D eigenvalue weighted by molar-refractivity contribution is 5.74. The molecule has 1 aromatic rings. The lowest BCUT2D eigenvalue weighted by Crippen LogP contribution is -2.50. The Bertz CT molecular complexity index is 519. The second-order valence-electron chi connectivity index (χ2n) is 6.98. The lowest BCUT2D eigenvalue weighted by atomic mass is 10.0. The summed E-state index contributed by atoms with van der Waals surface area (Å²) in [5.41, 5.74) is -1.21. The van der Waals surface area contributed by atoms with Gasteiger partial charge in [-0.3, -0.25) is 0 Å². The molecule has 0 saturated carbocycles. The molecule has 2 heterocycles. The fraction of sp³-hybridized carbons (Fsp3) is 0.722. The van der Waals surface area contributed by atoms with Crippen LogP contribution in [-0.4, -0.2) is 48.3 Å². The Morgan fingerprint density at radius 2 is 2.12 bits per heavy atom. The Morgan fingerprint density at radius 1 is 1.42 bits per heavy atom. The number of hydrogen-bond acceptors (Lipinski definition) is 4. The third kappa shape index (κ3) is 5.53. The van der Waals surface area contributed by atoms with Gasteiger partial charge >= 0.3 is 6.03 Å². The predicted octanol–water partition coefficient (Wildman–Crippen LogP) is 2.36. The maximum absolute atomic E-state index is 12.1. The lowest BCUT2D eigenvalue weighted by molar-refractivity contribution is 0.0358. The van der Waals surface area contributed by atoms with E-state index in [1.807, 2.05) is 6.92 Å². The van der Waals surface area contributed by atoms with Crippen LogP contribution in [0, 0.1) is 6.92 Å². The summed E-state index contributed by atoms with van der Waals surface area (Å²) in [6.07, 6.45) is 4.41. The maximum Gasteiger partial charge on any atom is 0.315 e. The molecule has 0 spiro atoms. The third-order valence-electron chi connectivity index (χ3n) is 4.62. The topological polar surface area (TPSA) is 77.7 Å². The molecule has 2 amide bonds. The molecule has 1 atom stereocenters. The van der Waals surface area contributed by atoms with E-state index in [9.17, 15) is 9.90 Å². The lowest BCUT2D eigenvalue weighted by Gasteiger charge is -2.32. The number of likely N-dealkylation sites (tertiary alicyclic amines) is 1. The van der Waals surface area contributed by atoms with Crippen molar-refractivity contribution in [1.82, 2.24) is 15.5 Å². The van der Waals surface area contributed by atoms with E-state index in [0.29, 0.717) is 5.76 Å². The van der Waals surface area contributed by atoms with Crippen molar-refractivity contribution in [2.24, 2.45) is 0 Å². The van der Waals surface area contributed by atoms with E-state index >= 15 is 0 Å². The van der Waals surface area contributed by atoms with Crippen molar-refractivity contribution >= 4 is 6.03 Å². The van der Waals surface area contributed by atoms with Gasteiger partial charge < -0.3 is 25.1 Å². The van der Waals surface area contributed by atoms with E-state index in [2.05, 4.69) is 22.5 Å². The Kier molecular flexibility index (Phi) is 6.69. The summed E-state index contributed by atoms with van der Waals surface area (Å²) in [6, 6.07) is 3.51. The summed E-state index contributed by atoms with van der Waals surface area (Å²) in [7, 11) is 0. The van der Waals surface area contributed by atoms with E-state index in [4.69, 9.17) is 4.42 Å². The number of urea groups is 1. The largest absolute Gasteiger partial charge is 0.463 e.